The van der Waals surface area contributed by atoms with Crippen molar-refractivity contribution in [3.8, 4) is 0 Å². The van der Waals surface area contributed by atoms with Gasteiger partial charge in [-0.1, -0.05) is 94.6 Å². The Hall–Kier alpha value is -3.66. The van der Waals surface area contributed by atoms with Gasteiger partial charge < -0.3 is 10.2 Å². The van der Waals surface area contributed by atoms with E-state index in [0.29, 0.717) is 11.6 Å². The number of nitrogens with zero attached hydrogens (tertiary/aromatic N) is 2. The Bertz CT molecular complexity index is 1650. The third kappa shape index (κ3) is 8.71. The van der Waals surface area contributed by atoms with Crippen LogP contribution in [0.5, 0.6) is 0 Å². The Morgan fingerprint density at radius 1 is 0.864 bits per heavy atom. The standard InChI is InChI=1S/C34H35BrClN3O4S/c1-3-21-37-34(41)32(22-26-7-5-4-6-8-26)38(23-27-11-13-28(35)14-12-27)33(40)24-39(30-17-15-29(36)16-18-30)44(42,43)31-19-9-25(2)10-20-31/h4-20,32H,3,21-24H2,1-2H3,(H,37,41)/t32-/m0/s1. The average molecular weight is 697 g/mol. The Morgan fingerprint density at radius 2 is 1.50 bits per heavy atom. The van der Waals surface area contributed by atoms with Crippen LogP contribution in [0.2, 0.25) is 5.02 Å². The molecule has 7 nitrogen and oxygen atoms in total. The van der Waals surface area contributed by atoms with Crippen molar-refractivity contribution in [2.24, 2.45) is 0 Å². The van der Waals surface area contributed by atoms with E-state index < -0.39 is 28.5 Å². The Labute approximate surface area is 273 Å². The van der Waals surface area contributed by atoms with Crippen molar-refractivity contribution in [2.75, 3.05) is 17.4 Å². The second-order valence-electron chi connectivity index (χ2n) is 10.4. The van der Waals surface area contributed by atoms with Crippen molar-refractivity contribution in [2.45, 2.75) is 44.2 Å². The molecule has 0 unspecified atom stereocenters. The molecular weight excluding hydrogens is 662 g/mol. The summed E-state index contributed by atoms with van der Waals surface area (Å²) in [7, 11) is -4.17. The maximum absolute atomic E-state index is 14.4. The van der Waals surface area contributed by atoms with Crippen molar-refractivity contribution in [1.29, 1.82) is 0 Å². The first-order valence-corrected chi connectivity index (χ1v) is 16.9. The number of nitrogens with one attached hydrogen (secondary N) is 1. The van der Waals surface area contributed by atoms with Gasteiger partial charge in [-0.3, -0.25) is 13.9 Å². The van der Waals surface area contributed by atoms with E-state index in [4.69, 9.17) is 11.6 Å². The van der Waals surface area contributed by atoms with E-state index in [2.05, 4.69) is 21.2 Å². The van der Waals surface area contributed by atoms with Gasteiger partial charge in [-0.25, -0.2) is 8.42 Å². The second-order valence-corrected chi connectivity index (χ2v) is 13.7. The molecule has 0 radical (unpaired) electrons. The minimum Gasteiger partial charge on any atom is -0.354 e. The lowest BCUT2D eigenvalue weighted by Crippen LogP contribution is -2.53. The van der Waals surface area contributed by atoms with Crippen LogP contribution in [0.15, 0.2) is 112 Å². The number of amides is 2. The SMILES string of the molecule is CCCNC(=O)[C@H](Cc1ccccc1)N(Cc1ccc(Br)cc1)C(=O)CN(c1ccc(Cl)cc1)S(=O)(=O)c1ccc(C)cc1. The van der Waals surface area contributed by atoms with E-state index in [1.54, 1.807) is 36.4 Å². The van der Waals surface area contributed by atoms with Gasteiger partial charge in [0.15, 0.2) is 0 Å². The van der Waals surface area contributed by atoms with Gasteiger partial charge in [0.2, 0.25) is 11.8 Å². The molecule has 4 rings (SSSR count). The highest BCUT2D eigenvalue weighted by molar-refractivity contribution is 9.10. The van der Waals surface area contributed by atoms with E-state index >= 15 is 0 Å². The summed E-state index contributed by atoms with van der Waals surface area (Å²) in [6.07, 6.45) is 0.980. The Morgan fingerprint density at radius 3 is 2.11 bits per heavy atom. The normalized spacial score (nSPS) is 11.9. The summed E-state index contributed by atoms with van der Waals surface area (Å²) in [5.74, 6) is -0.827. The summed E-state index contributed by atoms with van der Waals surface area (Å²) in [4.78, 5) is 29.6. The van der Waals surface area contributed by atoms with Crippen molar-refractivity contribution in [3.63, 3.8) is 0 Å². The Kier molecular flexibility index (Phi) is 11.6. The highest BCUT2D eigenvalue weighted by Gasteiger charge is 2.34. The summed E-state index contributed by atoms with van der Waals surface area (Å²) in [6.45, 7) is 3.84. The van der Waals surface area contributed by atoms with Gasteiger partial charge in [0.25, 0.3) is 10.0 Å². The van der Waals surface area contributed by atoms with Crippen LogP contribution in [0.4, 0.5) is 5.69 Å². The monoisotopic (exact) mass is 695 g/mol. The quantitative estimate of drug-likeness (QED) is 0.167. The molecule has 4 aromatic carbocycles. The van der Waals surface area contributed by atoms with Gasteiger partial charge in [-0.05, 0) is 73.0 Å². The molecule has 0 saturated carbocycles. The van der Waals surface area contributed by atoms with E-state index in [9.17, 15) is 18.0 Å². The fraction of sp³-hybridized carbons (Fsp3) is 0.235. The lowest BCUT2D eigenvalue weighted by molar-refractivity contribution is -0.140. The molecule has 230 valence electrons. The van der Waals surface area contributed by atoms with Crippen molar-refractivity contribution in [1.82, 2.24) is 10.2 Å². The molecule has 0 aliphatic heterocycles. The average Bonchev–Trinajstić information content (AvgIpc) is 3.02. The molecular formula is C34H35BrClN3O4S. The van der Waals surface area contributed by atoms with Crippen molar-refractivity contribution >= 4 is 55.1 Å². The predicted molar refractivity (Wildman–Crippen MR) is 179 cm³/mol. The highest BCUT2D eigenvalue weighted by atomic mass is 79.9. The molecule has 4 aromatic rings. The summed E-state index contributed by atoms with van der Waals surface area (Å²) in [6, 6.07) is 28.8. The molecule has 0 aliphatic carbocycles. The van der Waals surface area contributed by atoms with Crippen LogP contribution in [0.1, 0.15) is 30.0 Å². The van der Waals surface area contributed by atoms with Crippen LogP contribution in [-0.4, -0.2) is 44.3 Å². The number of anilines is 1. The number of benzene rings is 4. The van der Waals surface area contributed by atoms with Gasteiger partial charge in [-0.15, -0.1) is 0 Å². The molecule has 0 spiro atoms. The number of sulfonamides is 1. The number of hydrogen-bond acceptors (Lipinski definition) is 4. The van der Waals surface area contributed by atoms with Gasteiger partial charge in [0, 0.05) is 29.0 Å². The lowest BCUT2D eigenvalue weighted by atomic mass is 10.0. The fourth-order valence-corrected chi connectivity index (χ4v) is 6.48. The van der Waals surface area contributed by atoms with Crippen LogP contribution in [-0.2, 0) is 32.6 Å². The maximum atomic E-state index is 14.4. The molecule has 2 amide bonds. The van der Waals surface area contributed by atoms with Crippen LogP contribution in [0, 0.1) is 6.92 Å². The first kappa shape index (κ1) is 33.2. The second kappa shape index (κ2) is 15.4. The van der Waals surface area contributed by atoms with Crippen LogP contribution in [0.3, 0.4) is 0 Å². The molecule has 44 heavy (non-hydrogen) atoms. The molecule has 0 saturated heterocycles. The molecule has 0 heterocycles. The molecule has 0 bridgehead atoms. The number of aryl methyl sites for hydroxylation is 1. The minimum atomic E-state index is -4.17. The predicted octanol–water partition coefficient (Wildman–Crippen LogP) is 6.77. The zero-order valence-corrected chi connectivity index (χ0v) is 27.8. The number of halogens is 2. The molecule has 10 heteroatoms. The first-order valence-electron chi connectivity index (χ1n) is 14.3. The molecule has 0 fully saturated rings. The summed E-state index contributed by atoms with van der Waals surface area (Å²) >= 11 is 9.58. The van der Waals surface area contributed by atoms with Crippen LogP contribution < -0.4 is 9.62 Å². The largest absolute Gasteiger partial charge is 0.354 e. The number of hydrogen-bond donors (Lipinski definition) is 1. The lowest BCUT2D eigenvalue weighted by Gasteiger charge is -2.34. The third-order valence-corrected chi connectivity index (χ3v) is 9.66. The smallest absolute Gasteiger partial charge is 0.264 e. The Balaban J connectivity index is 1.78. The molecule has 1 N–H and O–H groups in total. The van der Waals surface area contributed by atoms with Crippen molar-refractivity contribution in [3.05, 3.63) is 129 Å². The molecule has 1 atom stereocenters. The van der Waals surface area contributed by atoms with Gasteiger partial charge in [-0.2, -0.15) is 0 Å². The zero-order chi connectivity index (χ0) is 31.7. The highest BCUT2D eigenvalue weighted by Crippen LogP contribution is 2.27. The maximum Gasteiger partial charge on any atom is 0.264 e. The summed E-state index contributed by atoms with van der Waals surface area (Å²) in [5, 5.41) is 3.38. The molecule has 0 aliphatic rings. The van der Waals surface area contributed by atoms with Crippen LogP contribution >= 0.6 is 27.5 Å². The van der Waals surface area contributed by atoms with Crippen LogP contribution in [0.25, 0.3) is 0 Å². The topological polar surface area (TPSA) is 86.8 Å². The summed E-state index contributed by atoms with van der Waals surface area (Å²) in [5.41, 5.74) is 2.85. The minimum absolute atomic E-state index is 0.0480. The van der Waals surface area contributed by atoms with Gasteiger partial charge >= 0.3 is 0 Å². The van der Waals surface area contributed by atoms with E-state index in [1.165, 1.54) is 17.0 Å². The first-order chi connectivity index (χ1) is 21.1. The third-order valence-electron chi connectivity index (χ3n) is 7.09. The van der Waals surface area contributed by atoms with Gasteiger partial charge in [0.05, 0.1) is 10.6 Å². The fourth-order valence-electron chi connectivity index (χ4n) is 4.68. The number of carbonyl (C=O) groups is 2. The molecule has 0 aromatic heterocycles. The number of carbonyl (C=O) groups excluding carboxylic acids is 2. The van der Waals surface area contributed by atoms with Gasteiger partial charge in [0.1, 0.15) is 12.6 Å². The van der Waals surface area contributed by atoms with E-state index in [0.717, 1.165) is 31.9 Å². The number of rotatable bonds is 13. The summed E-state index contributed by atoms with van der Waals surface area (Å²) < 4.78 is 30.1. The van der Waals surface area contributed by atoms with E-state index in [-0.39, 0.29) is 29.5 Å². The zero-order valence-electron chi connectivity index (χ0n) is 24.6. The van der Waals surface area contributed by atoms with Crippen molar-refractivity contribution < 1.29 is 18.0 Å². The van der Waals surface area contributed by atoms with E-state index in [1.807, 2.05) is 68.4 Å².